The second-order valence-electron chi connectivity index (χ2n) is 4.67. The minimum Gasteiger partial charge on any atom is -0.399 e. The minimum atomic E-state index is -0.146. The average molecular weight is 344 g/mol. The third kappa shape index (κ3) is 4.89. The van der Waals surface area contributed by atoms with E-state index in [-0.39, 0.29) is 12.5 Å². The smallest absolute Gasteiger partial charge is 0.238 e. The van der Waals surface area contributed by atoms with Crippen LogP contribution in [0.3, 0.4) is 0 Å². The van der Waals surface area contributed by atoms with Crippen molar-refractivity contribution in [2.45, 2.75) is 6.54 Å². The van der Waals surface area contributed by atoms with Crippen molar-refractivity contribution < 1.29 is 4.79 Å². The van der Waals surface area contributed by atoms with Gasteiger partial charge in [0.2, 0.25) is 5.91 Å². The maximum Gasteiger partial charge on any atom is 0.238 e. The number of carbonyl (C=O) groups excluding carboxylic acids is 1. The van der Waals surface area contributed by atoms with E-state index in [0.29, 0.717) is 22.9 Å². The lowest BCUT2D eigenvalue weighted by Gasteiger charge is -2.15. The predicted molar refractivity (Wildman–Crippen MR) is 90.2 cm³/mol. The monoisotopic (exact) mass is 343 g/mol. The van der Waals surface area contributed by atoms with E-state index in [1.165, 1.54) is 11.3 Å². The van der Waals surface area contributed by atoms with Crippen LogP contribution in [-0.2, 0) is 11.3 Å². The van der Waals surface area contributed by atoms with Crippen molar-refractivity contribution in [2.75, 3.05) is 24.6 Å². The number of likely N-dealkylation sites (N-methyl/N-ethyl adjacent to an activating group) is 1. The van der Waals surface area contributed by atoms with Gasteiger partial charge in [-0.3, -0.25) is 9.69 Å². The molecule has 2 rings (SSSR count). The molecule has 21 heavy (non-hydrogen) atoms. The molecule has 1 aromatic heterocycles. The molecule has 0 bridgehead atoms. The van der Waals surface area contributed by atoms with Gasteiger partial charge in [0.25, 0.3) is 0 Å². The van der Waals surface area contributed by atoms with E-state index < -0.39 is 0 Å². The molecule has 0 atom stereocenters. The molecule has 0 aliphatic carbocycles. The van der Waals surface area contributed by atoms with Gasteiger partial charge < -0.3 is 11.1 Å². The van der Waals surface area contributed by atoms with Crippen LogP contribution in [0.1, 0.15) is 4.88 Å². The van der Waals surface area contributed by atoms with Gasteiger partial charge in [-0.2, -0.15) is 0 Å². The lowest BCUT2D eigenvalue weighted by atomic mass is 10.3. The number of benzene rings is 1. The molecule has 1 amide bonds. The maximum absolute atomic E-state index is 12.0. The van der Waals surface area contributed by atoms with Crippen molar-refractivity contribution in [2.24, 2.45) is 0 Å². The molecule has 0 saturated carbocycles. The van der Waals surface area contributed by atoms with E-state index in [0.717, 1.165) is 9.21 Å². The van der Waals surface area contributed by atoms with Crippen molar-refractivity contribution >= 4 is 51.8 Å². The Morgan fingerprint density at radius 1 is 1.33 bits per heavy atom. The van der Waals surface area contributed by atoms with Gasteiger partial charge >= 0.3 is 0 Å². The summed E-state index contributed by atoms with van der Waals surface area (Å²) in [5.74, 6) is -0.146. The first-order chi connectivity index (χ1) is 9.94. The minimum absolute atomic E-state index is 0.146. The Morgan fingerprint density at radius 3 is 2.76 bits per heavy atom. The number of halogens is 2. The molecule has 112 valence electrons. The van der Waals surface area contributed by atoms with Gasteiger partial charge in [0.05, 0.1) is 21.6 Å². The van der Waals surface area contributed by atoms with Gasteiger partial charge in [-0.05, 0) is 37.4 Å². The number of nitrogens with zero attached hydrogens (tertiary/aromatic N) is 1. The van der Waals surface area contributed by atoms with Crippen molar-refractivity contribution in [3.63, 3.8) is 0 Å². The van der Waals surface area contributed by atoms with Crippen LogP contribution in [0.25, 0.3) is 0 Å². The molecular formula is C14H15Cl2N3OS. The van der Waals surface area contributed by atoms with Crippen LogP contribution in [0.4, 0.5) is 11.4 Å². The molecule has 0 spiro atoms. The van der Waals surface area contributed by atoms with Gasteiger partial charge in [-0.1, -0.05) is 23.2 Å². The Labute approximate surface area is 137 Å². The zero-order valence-corrected chi connectivity index (χ0v) is 13.7. The summed E-state index contributed by atoms with van der Waals surface area (Å²) < 4.78 is 0.745. The summed E-state index contributed by atoms with van der Waals surface area (Å²) in [7, 11) is 1.87. The van der Waals surface area contributed by atoms with Gasteiger partial charge in [0.15, 0.2) is 0 Å². The lowest BCUT2D eigenvalue weighted by molar-refractivity contribution is -0.117. The first-order valence-electron chi connectivity index (χ1n) is 6.21. The van der Waals surface area contributed by atoms with Crippen LogP contribution < -0.4 is 11.1 Å². The third-order valence-corrected chi connectivity index (χ3v) is 4.28. The highest BCUT2D eigenvalue weighted by atomic mass is 35.5. The number of rotatable bonds is 5. The van der Waals surface area contributed by atoms with E-state index in [9.17, 15) is 4.79 Å². The number of nitrogens with one attached hydrogen (secondary N) is 1. The maximum atomic E-state index is 12.0. The molecule has 3 N–H and O–H groups in total. The highest BCUT2D eigenvalue weighted by Crippen LogP contribution is 2.24. The summed E-state index contributed by atoms with van der Waals surface area (Å²) in [6.45, 7) is 0.913. The number of hydrogen-bond donors (Lipinski definition) is 2. The van der Waals surface area contributed by atoms with Crippen LogP contribution in [0.2, 0.25) is 9.36 Å². The van der Waals surface area contributed by atoms with Crippen molar-refractivity contribution in [1.29, 1.82) is 0 Å². The molecule has 4 nitrogen and oxygen atoms in total. The van der Waals surface area contributed by atoms with Crippen LogP contribution >= 0.6 is 34.5 Å². The van der Waals surface area contributed by atoms with Gasteiger partial charge in [0, 0.05) is 17.1 Å². The largest absolute Gasteiger partial charge is 0.399 e. The molecule has 0 aliphatic rings. The number of carbonyl (C=O) groups is 1. The molecule has 0 fully saturated rings. The molecule has 2 aromatic rings. The highest BCUT2D eigenvalue weighted by Gasteiger charge is 2.10. The highest BCUT2D eigenvalue weighted by molar-refractivity contribution is 7.16. The third-order valence-electron chi connectivity index (χ3n) is 2.73. The van der Waals surface area contributed by atoms with Crippen LogP contribution in [0, 0.1) is 0 Å². The van der Waals surface area contributed by atoms with E-state index in [1.54, 1.807) is 18.2 Å². The summed E-state index contributed by atoms with van der Waals surface area (Å²) >= 11 is 13.4. The number of hydrogen-bond acceptors (Lipinski definition) is 4. The first kappa shape index (κ1) is 16.1. The fraction of sp³-hybridized carbons (Fsp3) is 0.214. The molecule has 0 saturated heterocycles. The zero-order chi connectivity index (χ0) is 15.4. The Kier molecular flexibility index (Phi) is 5.47. The number of nitrogens with two attached hydrogens (primary N) is 1. The normalized spacial score (nSPS) is 10.9. The average Bonchev–Trinajstić information content (AvgIpc) is 2.79. The molecule has 1 aromatic carbocycles. The Morgan fingerprint density at radius 2 is 2.10 bits per heavy atom. The number of thiophene rings is 1. The fourth-order valence-corrected chi connectivity index (χ4v) is 3.16. The summed E-state index contributed by atoms with van der Waals surface area (Å²) in [6, 6.07) is 8.78. The Balaban J connectivity index is 1.90. The second kappa shape index (κ2) is 7.13. The molecule has 0 unspecified atom stereocenters. The second-order valence-corrected chi connectivity index (χ2v) is 6.87. The molecule has 1 heterocycles. The van der Waals surface area contributed by atoms with Crippen LogP contribution in [0.15, 0.2) is 30.3 Å². The topological polar surface area (TPSA) is 58.4 Å². The predicted octanol–water partition coefficient (Wildman–Crippen LogP) is 3.71. The van der Waals surface area contributed by atoms with Crippen LogP contribution in [-0.4, -0.2) is 24.4 Å². The van der Waals surface area contributed by atoms with E-state index in [2.05, 4.69) is 5.32 Å². The summed E-state index contributed by atoms with van der Waals surface area (Å²) in [5, 5.41) is 3.22. The molecule has 0 radical (unpaired) electrons. The van der Waals surface area contributed by atoms with Gasteiger partial charge in [0.1, 0.15) is 0 Å². The quantitative estimate of drug-likeness (QED) is 0.813. The number of nitrogen functional groups attached to an aromatic ring is 1. The van der Waals surface area contributed by atoms with Crippen LogP contribution in [0.5, 0.6) is 0 Å². The summed E-state index contributed by atoms with van der Waals surface area (Å²) in [5.41, 5.74) is 6.75. The molecular weight excluding hydrogens is 329 g/mol. The zero-order valence-electron chi connectivity index (χ0n) is 11.4. The van der Waals surface area contributed by atoms with Gasteiger partial charge in [-0.15, -0.1) is 11.3 Å². The lowest BCUT2D eigenvalue weighted by Crippen LogP contribution is -2.29. The standard InChI is InChI=1S/C14H15Cl2N3OS/c1-19(7-10-3-5-13(16)21-10)8-14(20)18-12-6-9(17)2-4-11(12)15/h2-6H,7-8,17H2,1H3,(H,18,20). The molecule has 0 aliphatic heterocycles. The SMILES string of the molecule is CN(CC(=O)Nc1cc(N)ccc1Cl)Cc1ccc(Cl)s1. The summed E-state index contributed by atoms with van der Waals surface area (Å²) in [6.07, 6.45) is 0. The van der Waals surface area contributed by atoms with E-state index >= 15 is 0 Å². The Bertz CT molecular complexity index is 645. The van der Waals surface area contributed by atoms with E-state index in [1.807, 2.05) is 24.1 Å². The van der Waals surface area contributed by atoms with E-state index in [4.69, 9.17) is 28.9 Å². The fourth-order valence-electron chi connectivity index (χ4n) is 1.83. The summed E-state index contributed by atoms with van der Waals surface area (Å²) in [4.78, 5) is 15.0. The Hall–Kier alpha value is -1.27. The van der Waals surface area contributed by atoms with Crippen molar-refractivity contribution in [3.05, 3.63) is 44.6 Å². The first-order valence-corrected chi connectivity index (χ1v) is 7.79. The molecule has 7 heteroatoms. The number of anilines is 2. The number of amides is 1. The van der Waals surface area contributed by atoms with Gasteiger partial charge in [-0.25, -0.2) is 0 Å². The van der Waals surface area contributed by atoms with Crippen molar-refractivity contribution in [1.82, 2.24) is 4.90 Å². The van der Waals surface area contributed by atoms with Crippen molar-refractivity contribution in [3.8, 4) is 0 Å².